The predicted molar refractivity (Wildman–Crippen MR) is 164 cm³/mol. The minimum atomic E-state index is -3.23. The summed E-state index contributed by atoms with van der Waals surface area (Å²) >= 11 is 0. The molecule has 0 spiro atoms. The van der Waals surface area contributed by atoms with Crippen molar-refractivity contribution in [1.29, 1.82) is 0 Å². The Kier molecular flexibility index (Phi) is 7.15. The summed E-state index contributed by atoms with van der Waals surface area (Å²) in [4.78, 5) is 0. The summed E-state index contributed by atoms with van der Waals surface area (Å²) in [6.07, 6.45) is 0. The van der Waals surface area contributed by atoms with Crippen LogP contribution in [-0.4, -0.2) is 0 Å². The number of hydrogen-bond donors (Lipinski definition) is 0. The number of rotatable bonds is 6. The van der Waals surface area contributed by atoms with Crippen LogP contribution in [-0.2, 0) is 9.13 Å². The molecule has 0 aliphatic rings. The first-order valence-electron chi connectivity index (χ1n) is 12.8. The van der Waals surface area contributed by atoms with Gasteiger partial charge >= 0.3 is 0 Å². The number of aryl methyl sites for hydroxylation is 4. The van der Waals surface area contributed by atoms with Crippen LogP contribution in [0.2, 0.25) is 0 Å². The van der Waals surface area contributed by atoms with Gasteiger partial charge in [0.05, 0.1) is 0 Å². The van der Waals surface area contributed by atoms with E-state index in [1.54, 1.807) is 0 Å². The third-order valence-corrected chi connectivity index (χ3v) is 13.3. The summed E-state index contributed by atoms with van der Waals surface area (Å²) in [5.41, 5.74) is 4.45. The van der Waals surface area contributed by atoms with Gasteiger partial charge in [-0.2, -0.15) is 0 Å². The van der Waals surface area contributed by atoms with E-state index in [0.29, 0.717) is 10.6 Å². The first-order chi connectivity index (χ1) is 18.2. The van der Waals surface area contributed by atoms with Gasteiger partial charge < -0.3 is 9.13 Å². The van der Waals surface area contributed by atoms with Crippen molar-refractivity contribution in [2.45, 2.75) is 27.7 Å². The molecule has 0 unspecified atom stereocenters. The zero-order valence-electron chi connectivity index (χ0n) is 22.3. The second-order valence-corrected chi connectivity index (χ2v) is 15.6. The van der Waals surface area contributed by atoms with Crippen LogP contribution in [0.4, 0.5) is 0 Å². The highest BCUT2D eigenvalue weighted by Gasteiger charge is 2.34. The van der Waals surface area contributed by atoms with Gasteiger partial charge in [0, 0.05) is 31.8 Å². The van der Waals surface area contributed by atoms with E-state index in [9.17, 15) is 0 Å². The molecule has 0 aromatic heterocycles. The summed E-state index contributed by atoms with van der Waals surface area (Å²) < 4.78 is 30.4. The Morgan fingerprint density at radius 3 is 0.816 bits per heavy atom. The van der Waals surface area contributed by atoms with E-state index in [4.69, 9.17) is 0 Å². The molecule has 0 saturated carbocycles. The Bertz CT molecular complexity index is 1440. The quantitative estimate of drug-likeness (QED) is 0.243. The maximum Gasteiger partial charge on any atom is 0.171 e. The molecule has 5 rings (SSSR count). The SMILES string of the molecule is Cc1ccc(P(=O)(c2ccc(C)cc2)c2cccc(P(=O)(c3ccc(C)cc3)c3ccc(C)cc3)c2)cc1. The van der Waals surface area contributed by atoms with Gasteiger partial charge in [-0.15, -0.1) is 0 Å². The lowest BCUT2D eigenvalue weighted by atomic mass is 10.2. The van der Waals surface area contributed by atoms with Gasteiger partial charge in [-0.3, -0.25) is 0 Å². The summed E-state index contributed by atoms with van der Waals surface area (Å²) in [6.45, 7) is 8.11. The van der Waals surface area contributed by atoms with E-state index in [2.05, 4.69) is 0 Å². The fraction of sp³-hybridized carbons (Fsp3) is 0.118. The molecule has 0 radical (unpaired) electrons. The van der Waals surface area contributed by atoms with Crippen LogP contribution in [0.15, 0.2) is 121 Å². The first-order valence-corrected chi connectivity index (χ1v) is 16.2. The van der Waals surface area contributed by atoms with Crippen LogP contribution < -0.4 is 31.8 Å². The van der Waals surface area contributed by atoms with Gasteiger partial charge in [0.15, 0.2) is 14.3 Å². The average Bonchev–Trinajstić information content (AvgIpc) is 2.94. The van der Waals surface area contributed by atoms with Crippen LogP contribution >= 0.6 is 14.3 Å². The van der Waals surface area contributed by atoms with Crippen molar-refractivity contribution in [3.63, 3.8) is 0 Å². The number of benzene rings is 5. The molecule has 4 heteroatoms. The fourth-order valence-electron chi connectivity index (χ4n) is 4.80. The topological polar surface area (TPSA) is 34.1 Å². The highest BCUT2D eigenvalue weighted by molar-refractivity contribution is 7.86. The molecule has 5 aromatic carbocycles. The molecule has 0 aliphatic heterocycles. The van der Waals surface area contributed by atoms with Crippen molar-refractivity contribution in [3.05, 3.63) is 144 Å². The summed E-state index contributed by atoms with van der Waals surface area (Å²) in [6, 6.07) is 39.4. The molecule has 2 nitrogen and oxygen atoms in total. The maximum absolute atomic E-state index is 15.2. The van der Waals surface area contributed by atoms with Crippen LogP contribution in [0, 0.1) is 27.7 Å². The molecule has 0 saturated heterocycles. The Balaban J connectivity index is 1.76. The lowest BCUT2D eigenvalue weighted by molar-refractivity contribution is 0.592. The average molecular weight is 535 g/mol. The van der Waals surface area contributed by atoms with E-state index in [1.807, 2.05) is 149 Å². The summed E-state index contributed by atoms with van der Waals surface area (Å²) in [5, 5.41) is 4.44. The van der Waals surface area contributed by atoms with Crippen LogP contribution in [0.25, 0.3) is 0 Å². The Morgan fingerprint density at radius 2 is 0.579 bits per heavy atom. The molecule has 0 fully saturated rings. The molecule has 0 amide bonds. The van der Waals surface area contributed by atoms with E-state index in [0.717, 1.165) is 43.5 Å². The third kappa shape index (κ3) is 4.76. The molecule has 0 heterocycles. The molecule has 0 aliphatic carbocycles. The van der Waals surface area contributed by atoms with Crippen LogP contribution in [0.3, 0.4) is 0 Å². The van der Waals surface area contributed by atoms with Crippen molar-refractivity contribution in [2.75, 3.05) is 0 Å². The van der Waals surface area contributed by atoms with Crippen molar-refractivity contribution in [3.8, 4) is 0 Å². The van der Waals surface area contributed by atoms with E-state index >= 15 is 9.13 Å². The van der Waals surface area contributed by atoms with Gasteiger partial charge in [-0.25, -0.2) is 0 Å². The zero-order chi connectivity index (χ0) is 26.9. The third-order valence-electron chi connectivity index (χ3n) is 7.15. The van der Waals surface area contributed by atoms with Crippen molar-refractivity contribution in [2.24, 2.45) is 0 Å². The Hall–Kier alpha value is -3.44. The van der Waals surface area contributed by atoms with Gasteiger partial charge in [0.1, 0.15) is 0 Å². The van der Waals surface area contributed by atoms with E-state index in [-0.39, 0.29) is 0 Å². The van der Waals surface area contributed by atoms with Gasteiger partial charge in [-0.05, 0) is 33.8 Å². The molecule has 5 aromatic rings. The second kappa shape index (κ2) is 10.4. The molecular weight excluding hydrogens is 502 g/mol. The summed E-state index contributed by atoms with van der Waals surface area (Å²) in [5.74, 6) is 0. The van der Waals surface area contributed by atoms with E-state index < -0.39 is 14.3 Å². The predicted octanol–water partition coefficient (Wildman–Crippen LogP) is 6.20. The molecule has 0 bridgehead atoms. The zero-order valence-corrected chi connectivity index (χ0v) is 24.0. The molecule has 38 heavy (non-hydrogen) atoms. The Labute approximate surface area is 226 Å². The second-order valence-electron chi connectivity index (χ2n) is 10.1. The van der Waals surface area contributed by atoms with Gasteiger partial charge in [0.2, 0.25) is 0 Å². The maximum atomic E-state index is 15.2. The Morgan fingerprint density at radius 1 is 0.342 bits per heavy atom. The number of hydrogen-bond acceptors (Lipinski definition) is 2. The molecule has 0 N–H and O–H groups in total. The van der Waals surface area contributed by atoms with Gasteiger partial charge in [-0.1, -0.05) is 138 Å². The molecule has 0 atom stereocenters. The van der Waals surface area contributed by atoms with Crippen LogP contribution in [0.1, 0.15) is 22.3 Å². The minimum Gasteiger partial charge on any atom is -0.309 e. The highest BCUT2D eigenvalue weighted by atomic mass is 31.2. The van der Waals surface area contributed by atoms with Crippen LogP contribution in [0.5, 0.6) is 0 Å². The minimum absolute atomic E-state index is 0.683. The molecule has 190 valence electrons. The largest absolute Gasteiger partial charge is 0.309 e. The lowest BCUT2D eigenvalue weighted by Crippen LogP contribution is -2.30. The lowest BCUT2D eigenvalue weighted by Gasteiger charge is -2.24. The molecular formula is C34H32O2P2. The van der Waals surface area contributed by atoms with Gasteiger partial charge in [0.25, 0.3) is 0 Å². The summed E-state index contributed by atoms with van der Waals surface area (Å²) in [7, 11) is -6.47. The monoisotopic (exact) mass is 534 g/mol. The first kappa shape index (κ1) is 26.2. The smallest absolute Gasteiger partial charge is 0.171 e. The normalized spacial score (nSPS) is 11.9. The fourth-order valence-corrected chi connectivity index (χ4v) is 10.2. The van der Waals surface area contributed by atoms with Crippen molar-refractivity contribution < 1.29 is 9.13 Å². The van der Waals surface area contributed by atoms with Crippen molar-refractivity contribution >= 4 is 46.1 Å². The highest BCUT2D eigenvalue weighted by Crippen LogP contribution is 2.46. The van der Waals surface area contributed by atoms with E-state index in [1.165, 1.54) is 0 Å². The standard InChI is InChI=1S/C34H32O2P2/c1-25-8-16-29(17-9-25)37(35,30-18-10-26(2)11-19-30)33-6-5-7-34(24-33)38(36,31-20-12-27(3)13-21-31)32-22-14-28(4)15-23-32/h5-24H,1-4H3. The van der Waals surface area contributed by atoms with Crippen molar-refractivity contribution in [1.82, 2.24) is 0 Å².